The van der Waals surface area contributed by atoms with Gasteiger partial charge in [-0.2, -0.15) is 13.2 Å². The lowest BCUT2D eigenvalue weighted by molar-refractivity contribution is -0.147. The van der Waals surface area contributed by atoms with E-state index < -0.39 is 11.7 Å². The first-order chi connectivity index (χ1) is 14.8. The minimum atomic E-state index is -4.36. The molecule has 0 aromatic heterocycles. The number of rotatable bonds is 11. The number of hydrogen-bond donors (Lipinski definition) is 0. The lowest BCUT2D eigenvalue weighted by atomic mass is 9.94. The SMILES string of the molecule is CC(C)OC(=O)CCC/C=C/[C@H]1CCCC1/C=C/CCOc1cccc(C(F)(F)F)c1. The highest BCUT2D eigenvalue weighted by molar-refractivity contribution is 5.69. The summed E-state index contributed by atoms with van der Waals surface area (Å²) in [5.41, 5.74) is -0.696. The summed E-state index contributed by atoms with van der Waals surface area (Å²) >= 11 is 0. The Morgan fingerprint density at radius 1 is 1.13 bits per heavy atom. The predicted octanol–water partition coefficient (Wildman–Crippen LogP) is 7.12. The molecule has 172 valence electrons. The summed E-state index contributed by atoms with van der Waals surface area (Å²) in [6.07, 6.45) is 10.5. The number of carbonyl (C=O) groups is 1. The molecule has 1 aromatic carbocycles. The molecule has 0 bridgehead atoms. The molecule has 2 atom stereocenters. The van der Waals surface area contributed by atoms with Gasteiger partial charge in [-0.05, 0) is 76.0 Å². The Hall–Kier alpha value is -2.24. The molecule has 1 unspecified atom stereocenters. The van der Waals surface area contributed by atoms with Gasteiger partial charge in [-0.15, -0.1) is 0 Å². The Kier molecular flexibility index (Phi) is 10.2. The van der Waals surface area contributed by atoms with Crippen molar-refractivity contribution in [1.29, 1.82) is 0 Å². The highest BCUT2D eigenvalue weighted by Crippen LogP contribution is 2.34. The number of allylic oxidation sites excluding steroid dienone is 3. The van der Waals surface area contributed by atoms with Crippen LogP contribution in [-0.4, -0.2) is 18.7 Å². The monoisotopic (exact) mass is 438 g/mol. The maximum absolute atomic E-state index is 12.7. The van der Waals surface area contributed by atoms with Crippen LogP contribution < -0.4 is 4.74 Å². The van der Waals surface area contributed by atoms with Gasteiger partial charge < -0.3 is 9.47 Å². The molecule has 1 aliphatic rings. The van der Waals surface area contributed by atoms with E-state index in [9.17, 15) is 18.0 Å². The highest BCUT2D eigenvalue weighted by atomic mass is 19.4. The van der Waals surface area contributed by atoms with Crippen molar-refractivity contribution >= 4 is 5.97 Å². The minimum Gasteiger partial charge on any atom is -0.493 e. The highest BCUT2D eigenvalue weighted by Gasteiger charge is 2.30. The number of unbranched alkanes of at least 4 members (excludes halogenated alkanes) is 1. The van der Waals surface area contributed by atoms with E-state index in [4.69, 9.17) is 9.47 Å². The van der Waals surface area contributed by atoms with Crippen LogP contribution in [0.1, 0.15) is 64.4 Å². The van der Waals surface area contributed by atoms with Crippen LogP contribution in [0.25, 0.3) is 0 Å². The molecule has 0 radical (unpaired) electrons. The van der Waals surface area contributed by atoms with Crippen molar-refractivity contribution < 1.29 is 27.4 Å². The van der Waals surface area contributed by atoms with Gasteiger partial charge in [0.15, 0.2) is 0 Å². The van der Waals surface area contributed by atoms with E-state index in [-0.39, 0.29) is 17.8 Å². The van der Waals surface area contributed by atoms with E-state index >= 15 is 0 Å². The van der Waals surface area contributed by atoms with Gasteiger partial charge in [0.25, 0.3) is 0 Å². The molecule has 1 fully saturated rings. The number of benzene rings is 1. The number of hydrogen-bond acceptors (Lipinski definition) is 3. The van der Waals surface area contributed by atoms with Crippen LogP contribution in [0.4, 0.5) is 13.2 Å². The average molecular weight is 439 g/mol. The van der Waals surface area contributed by atoms with Crippen molar-refractivity contribution in [3.63, 3.8) is 0 Å². The first-order valence-electron chi connectivity index (χ1n) is 11.1. The molecule has 0 saturated heterocycles. The molecular formula is C25H33F3O3. The summed E-state index contributed by atoms with van der Waals surface area (Å²) in [6, 6.07) is 4.97. The van der Waals surface area contributed by atoms with Gasteiger partial charge in [-0.1, -0.05) is 36.8 Å². The van der Waals surface area contributed by atoms with Crippen LogP contribution >= 0.6 is 0 Å². The fraction of sp³-hybridized carbons (Fsp3) is 0.560. The van der Waals surface area contributed by atoms with E-state index in [1.807, 2.05) is 13.8 Å². The van der Waals surface area contributed by atoms with E-state index in [2.05, 4.69) is 24.3 Å². The second kappa shape index (κ2) is 12.6. The molecular weight excluding hydrogens is 405 g/mol. The Balaban J connectivity index is 1.68. The Morgan fingerprint density at radius 2 is 1.81 bits per heavy atom. The second-order valence-corrected chi connectivity index (χ2v) is 8.21. The minimum absolute atomic E-state index is 0.0653. The number of carbonyl (C=O) groups excluding carboxylic acids is 1. The first kappa shape index (κ1) is 25.0. The number of halogens is 3. The van der Waals surface area contributed by atoms with Gasteiger partial charge in [0, 0.05) is 6.42 Å². The topological polar surface area (TPSA) is 35.5 Å². The van der Waals surface area contributed by atoms with Crippen molar-refractivity contribution in [2.45, 2.75) is 71.1 Å². The van der Waals surface area contributed by atoms with E-state index in [1.54, 1.807) is 6.07 Å². The van der Waals surface area contributed by atoms with E-state index in [0.717, 1.165) is 37.8 Å². The Labute approximate surface area is 183 Å². The maximum atomic E-state index is 12.7. The third-order valence-corrected chi connectivity index (χ3v) is 5.22. The van der Waals surface area contributed by atoms with Crippen molar-refractivity contribution in [2.75, 3.05) is 6.61 Å². The summed E-state index contributed by atoms with van der Waals surface area (Å²) in [5.74, 6) is 1.08. The van der Waals surface area contributed by atoms with Crippen LogP contribution in [0.5, 0.6) is 5.75 Å². The van der Waals surface area contributed by atoms with Gasteiger partial charge in [0.1, 0.15) is 5.75 Å². The number of alkyl halides is 3. The molecule has 1 aromatic rings. The average Bonchev–Trinajstić information content (AvgIpc) is 3.14. The maximum Gasteiger partial charge on any atom is 0.416 e. The molecule has 6 heteroatoms. The summed E-state index contributed by atoms with van der Waals surface area (Å²) in [4.78, 5) is 11.5. The lowest BCUT2D eigenvalue weighted by Gasteiger charge is -2.12. The van der Waals surface area contributed by atoms with Crippen LogP contribution in [0.15, 0.2) is 48.6 Å². The van der Waals surface area contributed by atoms with E-state index in [1.165, 1.54) is 12.5 Å². The van der Waals surface area contributed by atoms with Crippen molar-refractivity contribution in [2.24, 2.45) is 11.8 Å². The zero-order valence-electron chi connectivity index (χ0n) is 18.4. The number of ether oxygens (including phenoxy) is 2. The fourth-order valence-electron chi connectivity index (χ4n) is 3.73. The van der Waals surface area contributed by atoms with Gasteiger partial charge in [-0.25, -0.2) is 0 Å². The van der Waals surface area contributed by atoms with Crippen molar-refractivity contribution in [3.05, 3.63) is 54.1 Å². The normalized spacial score (nSPS) is 19.5. The zero-order chi connectivity index (χ0) is 22.7. The van der Waals surface area contributed by atoms with Gasteiger partial charge in [-0.3, -0.25) is 4.79 Å². The van der Waals surface area contributed by atoms with Crippen LogP contribution in [0, 0.1) is 11.8 Å². The molecule has 1 saturated carbocycles. The van der Waals surface area contributed by atoms with Crippen LogP contribution in [0.3, 0.4) is 0 Å². The standard InChI is InChI=1S/C25H33F3O3/c1-19(2)31-24(29)16-5-3-4-10-20-12-8-13-21(20)11-6-7-17-30-23-15-9-14-22(18-23)25(26,27)28/h4,6,9-11,14-15,18-21H,3,5,7-8,12-13,16-17H2,1-2H3/b10-4+,11-6+/t20-,21?/m0/s1. The lowest BCUT2D eigenvalue weighted by Crippen LogP contribution is -2.10. The van der Waals surface area contributed by atoms with Gasteiger partial charge in [0.05, 0.1) is 18.3 Å². The molecule has 2 rings (SSSR count). The third-order valence-electron chi connectivity index (χ3n) is 5.22. The molecule has 0 amide bonds. The molecule has 1 aliphatic carbocycles. The third kappa shape index (κ3) is 9.62. The first-order valence-corrected chi connectivity index (χ1v) is 11.1. The molecule has 0 aliphatic heterocycles. The van der Waals surface area contributed by atoms with E-state index in [0.29, 0.717) is 31.3 Å². The molecule has 0 heterocycles. The second-order valence-electron chi connectivity index (χ2n) is 8.21. The van der Waals surface area contributed by atoms with Crippen LogP contribution in [0.2, 0.25) is 0 Å². The van der Waals surface area contributed by atoms with Crippen molar-refractivity contribution in [1.82, 2.24) is 0 Å². The summed E-state index contributed by atoms with van der Waals surface area (Å²) in [5, 5.41) is 0. The van der Waals surface area contributed by atoms with Crippen molar-refractivity contribution in [3.8, 4) is 5.75 Å². The largest absolute Gasteiger partial charge is 0.493 e. The predicted molar refractivity (Wildman–Crippen MR) is 116 cm³/mol. The fourth-order valence-corrected chi connectivity index (χ4v) is 3.73. The molecule has 3 nitrogen and oxygen atoms in total. The van der Waals surface area contributed by atoms with Gasteiger partial charge in [0.2, 0.25) is 0 Å². The number of esters is 1. The smallest absolute Gasteiger partial charge is 0.416 e. The summed E-state index contributed by atoms with van der Waals surface area (Å²) < 4.78 is 48.8. The Bertz CT molecular complexity index is 738. The molecule has 0 N–H and O–H groups in total. The summed E-state index contributed by atoms with van der Waals surface area (Å²) in [6.45, 7) is 4.05. The van der Waals surface area contributed by atoms with Gasteiger partial charge >= 0.3 is 12.1 Å². The molecule has 31 heavy (non-hydrogen) atoms. The summed E-state index contributed by atoms with van der Waals surface area (Å²) in [7, 11) is 0. The molecule has 0 spiro atoms. The quantitative estimate of drug-likeness (QED) is 0.209. The Morgan fingerprint density at radius 3 is 2.45 bits per heavy atom. The van der Waals surface area contributed by atoms with Crippen LogP contribution in [-0.2, 0) is 15.7 Å². The zero-order valence-corrected chi connectivity index (χ0v) is 18.4.